The number of benzene rings is 1. The van der Waals surface area contributed by atoms with Crippen LogP contribution in [0.4, 0.5) is 0 Å². The number of rotatable bonds is 6. The number of thioether (sulfide) groups is 1. The van der Waals surface area contributed by atoms with Crippen LogP contribution in [0.3, 0.4) is 0 Å². The fourth-order valence-electron chi connectivity index (χ4n) is 1.85. The molecule has 0 saturated heterocycles. The van der Waals surface area contributed by atoms with Crippen LogP contribution in [-0.2, 0) is 12.3 Å². The quantitative estimate of drug-likeness (QED) is 0.607. The van der Waals surface area contributed by atoms with E-state index in [0.29, 0.717) is 16.9 Å². The van der Waals surface area contributed by atoms with Gasteiger partial charge in [-0.15, -0.1) is 15.3 Å². The predicted molar refractivity (Wildman–Crippen MR) is 85.1 cm³/mol. The normalized spacial score (nSPS) is 11.0. The smallest absolute Gasteiger partial charge is 0.277 e. The summed E-state index contributed by atoms with van der Waals surface area (Å²) in [4.78, 5) is 0. The van der Waals surface area contributed by atoms with Crippen molar-refractivity contribution in [3.05, 3.63) is 34.6 Å². The number of aromatic nitrogens is 6. The molecule has 0 bridgehead atoms. The number of halogens is 1. The molecule has 2 heterocycles. The molecule has 1 aromatic carbocycles. The average molecular weight is 381 g/mol. The molecule has 3 rings (SSSR count). The first-order valence-corrected chi connectivity index (χ1v) is 8.52. The van der Waals surface area contributed by atoms with Gasteiger partial charge in [-0.1, -0.05) is 30.8 Å². The molecule has 7 nitrogen and oxygen atoms in total. The Morgan fingerprint density at radius 1 is 1.23 bits per heavy atom. The molecule has 9 heteroatoms. The van der Waals surface area contributed by atoms with Crippen molar-refractivity contribution < 1.29 is 4.42 Å². The second-order valence-electron chi connectivity index (χ2n) is 4.46. The predicted octanol–water partition coefficient (Wildman–Crippen LogP) is 3.19. The Hall–Kier alpha value is -1.74. The van der Waals surface area contributed by atoms with Crippen LogP contribution >= 0.6 is 27.7 Å². The molecule has 0 aliphatic heterocycles. The lowest BCUT2D eigenvalue weighted by Crippen LogP contribution is -2.04. The molecule has 2 aromatic heterocycles. The van der Waals surface area contributed by atoms with Gasteiger partial charge in [-0.3, -0.25) is 0 Å². The van der Waals surface area contributed by atoms with Crippen molar-refractivity contribution >= 4 is 27.7 Å². The highest BCUT2D eigenvalue weighted by Gasteiger charge is 2.13. The molecule has 0 fully saturated rings. The molecule has 0 radical (unpaired) electrons. The molecule has 3 aromatic rings. The van der Waals surface area contributed by atoms with Gasteiger partial charge in [0.2, 0.25) is 5.89 Å². The molecular weight excluding hydrogens is 368 g/mol. The highest BCUT2D eigenvalue weighted by atomic mass is 79.9. The summed E-state index contributed by atoms with van der Waals surface area (Å²) in [6, 6.07) is 7.72. The fraction of sp³-hybridized carbons (Fsp3) is 0.308. The molecule has 0 N–H and O–H groups in total. The molecule has 0 aliphatic carbocycles. The van der Waals surface area contributed by atoms with E-state index in [1.807, 2.05) is 24.3 Å². The van der Waals surface area contributed by atoms with Gasteiger partial charge in [0.05, 0.1) is 11.3 Å². The Balaban J connectivity index is 1.70. The Kier molecular flexibility index (Phi) is 4.84. The van der Waals surface area contributed by atoms with Gasteiger partial charge in [0.15, 0.2) is 5.82 Å². The summed E-state index contributed by atoms with van der Waals surface area (Å²) in [5.41, 5.74) is 0.873. The maximum atomic E-state index is 5.68. The third-order valence-electron chi connectivity index (χ3n) is 2.88. The van der Waals surface area contributed by atoms with Crippen molar-refractivity contribution in [2.75, 3.05) is 0 Å². The van der Waals surface area contributed by atoms with Gasteiger partial charge in [-0.05, 0) is 44.9 Å². The van der Waals surface area contributed by atoms with E-state index in [0.717, 1.165) is 28.8 Å². The lowest BCUT2D eigenvalue weighted by atomic mass is 10.2. The second-order valence-corrected chi connectivity index (χ2v) is 6.24. The summed E-state index contributed by atoms with van der Waals surface area (Å²) in [5.74, 6) is 1.88. The van der Waals surface area contributed by atoms with Crippen molar-refractivity contribution in [1.29, 1.82) is 0 Å². The third kappa shape index (κ3) is 3.36. The maximum absolute atomic E-state index is 5.68. The van der Waals surface area contributed by atoms with E-state index in [4.69, 9.17) is 4.42 Å². The van der Waals surface area contributed by atoms with E-state index in [9.17, 15) is 0 Å². The van der Waals surface area contributed by atoms with Crippen LogP contribution in [0.5, 0.6) is 0 Å². The number of nitrogens with zero attached hydrogens (tertiary/aromatic N) is 6. The molecule has 0 spiro atoms. The number of hydrogen-bond donors (Lipinski definition) is 0. The minimum atomic E-state index is 0.489. The lowest BCUT2D eigenvalue weighted by Gasteiger charge is -2.00. The SMILES string of the molecule is CCCn1nnnc1CSc1nnc(-c2ccccc2Br)o1. The van der Waals surface area contributed by atoms with Crippen LogP contribution in [-0.4, -0.2) is 30.4 Å². The summed E-state index contributed by atoms with van der Waals surface area (Å²) in [5, 5.41) is 20.3. The summed E-state index contributed by atoms with van der Waals surface area (Å²) in [7, 11) is 0. The van der Waals surface area contributed by atoms with E-state index in [2.05, 4.69) is 48.6 Å². The van der Waals surface area contributed by atoms with Crippen molar-refractivity contribution in [3.63, 3.8) is 0 Å². The molecular formula is C13H13BrN6OS. The van der Waals surface area contributed by atoms with Crippen molar-refractivity contribution in [1.82, 2.24) is 30.4 Å². The van der Waals surface area contributed by atoms with Crippen LogP contribution in [0.25, 0.3) is 11.5 Å². The van der Waals surface area contributed by atoms with Gasteiger partial charge in [-0.25, -0.2) is 4.68 Å². The van der Waals surface area contributed by atoms with Crippen molar-refractivity contribution in [3.8, 4) is 11.5 Å². The van der Waals surface area contributed by atoms with E-state index >= 15 is 0 Å². The monoisotopic (exact) mass is 380 g/mol. The minimum Gasteiger partial charge on any atom is -0.411 e. The van der Waals surface area contributed by atoms with Gasteiger partial charge < -0.3 is 4.42 Å². The molecule has 0 aliphatic rings. The first kappa shape index (κ1) is 15.2. The Labute approximate surface area is 139 Å². The number of tetrazole rings is 1. The summed E-state index contributed by atoms with van der Waals surface area (Å²) >= 11 is 4.90. The first-order valence-electron chi connectivity index (χ1n) is 6.74. The van der Waals surface area contributed by atoms with E-state index in [1.54, 1.807) is 4.68 Å². The zero-order valence-electron chi connectivity index (χ0n) is 11.8. The van der Waals surface area contributed by atoms with Crippen LogP contribution in [0, 0.1) is 0 Å². The van der Waals surface area contributed by atoms with Crippen molar-refractivity contribution in [2.24, 2.45) is 0 Å². The molecule has 0 atom stereocenters. The highest BCUT2D eigenvalue weighted by Crippen LogP contribution is 2.29. The minimum absolute atomic E-state index is 0.489. The van der Waals surface area contributed by atoms with E-state index < -0.39 is 0 Å². The summed E-state index contributed by atoms with van der Waals surface area (Å²) in [6.07, 6.45) is 0.982. The largest absolute Gasteiger partial charge is 0.411 e. The third-order valence-corrected chi connectivity index (χ3v) is 4.38. The van der Waals surface area contributed by atoms with Crippen molar-refractivity contribution in [2.45, 2.75) is 30.9 Å². The van der Waals surface area contributed by atoms with Crippen LogP contribution in [0.1, 0.15) is 19.2 Å². The molecule has 0 saturated carbocycles. The zero-order valence-corrected chi connectivity index (χ0v) is 14.2. The standard InChI is InChI=1S/C13H13BrN6OS/c1-2-7-20-11(15-18-19-20)8-22-13-17-16-12(21-13)9-5-3-4-6-10(9)14/h3-6H,2,7-8H2,1H3. The zero-order chi connectivity index (χ0) is 15.4. The van der Waals surface area contributed by atoms with E-state index in [-0.39, 0.29) is 0 Å². The van der Waals surface area contributed by atoms with Crippen LogP contribution in [0.2, 0.25) is 0 Å². The Morgan fingerprint density at radius 3 is 2.91 bits per heavy atom. The van der Waals surface area contributed by atoms with Gasteiger partial charge in [0, 0.05) is 11.0 Å². The molecule has 114 valence electrons. The highest BCUT2D eigenvalue weighted by molar-refractivity contribution is 9.10. The number of aryl methyl sites for hydroxylation is 1. The molecule has 0 unspecified atom stereocenters. The molecule has 22 heavy (non-hydrogen) atoms. The van der Waals surface area contributed by atoms with Crippen LogP contribution in [0.15, 0.2) is 38.4 Å². The second kappa shape index (κ2) is 7.01. The lowest BCUT2D eigenvalue weighted by molar-refractivity contribution is 0.465. The Bertz CT molecular complexity index is 758. The summed E-state index contributed by atoms with van der Waals surface area (Å²) < 4.78 is 8.39. The van der Waals surface area contributed by atoms with Gasteiger partial charge in [0.1, 0.15) is 0 Å². The maximum Gasteiger partial charge on any atom is 0.277 e. The van der Waals surface area contributed by atoms with Gasteiger partial charge in [0.25, 0.3) is 5.22 Å². The topological polar surface area (TPSA) is 82.5 Å². The van der Waals surface area contributed by atoms with E-state index in [1.165, 1.54) is 11.8 Å². The van der Waals surface area contributed by atoms with Crippen LogP contribution < -0.4 is 0 Å². The average Bonchev–Trinajstić information content (AvgIpc) is 3.15. The number of hydrogen-bond acceptors (Lipinski definition) is 7. The summed E-state index contributed by atoms with van der Waals surface area (Å²) in [6.45, 7) is 2.88. The van der Waals surface area contributed by atoms with Gasteiger partial charge in [-0.2, -0.15) is 0 Å². The first-order chi connectivity index (χ1) is 10.8. The fourth-order valence-corrected chi connectivity index (χ4v) is 3.00. The Morgan fingerprint density at radius 2 is 2.09 bits per heavy atom. The van der Waals surface area contributed by atoms with Gasteiger partial charge >= 0.3 is 0 Å². The molecule has 0 amide bonds.